The molecule has 0 nitrogen and oxygen atoms in total. The van der Waals surface area contributed by atoms with Crippen LogP contribution in [0, 0.1) is 17.8 Å². The zero-order valence-corrected chi connectivity index (χ0v) is 25.6. The third kappa shape index (κ3) is 7.35. The molecule has 3 saturated carbocycles. The maximum Gasteiger partial charge on any atom is -0.0121 e. The van der Waals surface area contributed by atoms with Gasteiger partial charge in [0.05, 0.1) is 0 Å². The fourth-order valence-corrected chi connectivity index (χ4v) is 15.6. The highest BCUT2D eigenvalue weighted by molar-refractivity contribution is 7.67. The molecule has 0 N–H and O–H groups in total. The van der Waals surface area contributed by atoms with E-state index in [1.807, 2.05) is 10.9 Å². The molecule has 1 aromatic carbocycles. The molecule has 0 saturated heterocycles. The average Bonchev–Trinajstić information content (AvgIpc) is 3.34. The van der Waals surface area contributed by atoms with Gasteiger partial charge in [-0.05, 0) is 102 Å². The Balaban J connectivity index is 1.64. The molecular formula is C33H56P2. The zero-order chi connectivity index (χ0) is 24.8. The van der Waals surface area contributed by atoms with E-state index in [1.54, 1.807) is 0 Å². The molecule has 0 radical (unpaired) electrons. The van der Waals surface area contributed by atoms with Crippen molar-refractivity contribution >= 4 is 21.1 Å². The third-order valence-electron chi connectivity index (χ3n) is 9.51. The maximum absolute atomic E-state index is 2.69. The molecule has 0 spiro atoms. The van der Waals surface area contributed by atoms with E-state index in [9.17, 15) is 0 Å². The molecule has 0 heterocycles. The molecule has 0 aromatic heterocycles. The second-order valence-corrected chi connectivity index (χ2v) is 18.7. The molecule has 1 aromatic rings. The van der Waals surface area contributed by atoms with E-state index in [1.165, 1.54) is 95.8 Å². The molecule has 35 heavy (non-hydrogen) atoms. The summed E-state index contributed by atoms with van der Waals surface area (Å²) in [7, 11) is 0.122. The smallest absolute Gasteiger partial charge is 0.0121 e. The predicted octanol–water partition coefficient (Wildman–Crippen LogP) is 10.5. The van der Waals surface area contributed by atoms with Gasteiger partial charge in [-0.2, -0.15) is 0 Å². The van der Waals surface area contributed by atoms with Crippen LogP contribution in [0.1, 0.15) is 130 Å². The predicted molar refractivity (Wildman–Crippen MR) is 163 cm³/mol. The number of hydrogen-bond donors (Lipinski definition) is 0. The second kappa shape index (κ2) is 13.7. The minimum atomic E-state index is -0.00518. The van der Waals surface area contributed by atoms with Crippen LogP contribution in [0.3, 0.4) is 0 Å². The van der Waals surface area contributed by atoms with E-state index in [4.69, 9.17) is 0 Å². The van der Waals surface area contributed by atoms with Gasteiger partial charge in [0.25, 0.3) is 0 Å². The standard InChI is InChI=1S/C33H56P2/c1-25(2)23-34(24-26(3)4)27(5)30-20-14-21-31(30)32-19-12-13-22-33(32)35(28-15-8-6-9-16-28)29-17-10-7-11-18-29/h12-13,19,22,25-31H,6-11,14-18,20-21,23-24H2,1-5H3/t27-,30?,31?/m1/s1. The van der Waals surface area contributed by atoms with Gasteiger partial charge in [-0.3, -0.25) is 0 Å². The highest BCUT2D eigenvalue weighted by Crippen LogP contribution is 2.59. The minimum Gasteiger partial charge on any atom is -0.103 e. The van der Waals surface area contributed by atoms with Crippen LogP contribution < -0.4 is 5.30 Å². The van der Waals surface area contributed by atoms with Gasteiger partial charge in [-0.1, -0.05) is 112 Å². The van der Waals surface area contributed by atoms with Crippen LogP contribution in [-0.2, 0) is 0 Å². The highest BCUT2D eigenvalue weighted by atomic mass is 31.1. The summed E-state index contributed by atoms with van der Waals surface area (Å²) in [6, 6.07) is 10.1. The fraction of sp³-hybridized carbons (Fsp3) is 0.818. The molecule has 3 fully saturated rings. The lowest BCUT2D eigenvalue weighted by molar-refractivity contribution is 0.473. The fourth-order valence-electron chi connectivity index (χ4n) is 8.01. The van der Waals surface area contributed by atoms with Crippen molar-refractivity contribution in [3.8, 4) is 0 Å². The van der Waals surface area contributed by atoms with E-state index in [-0.39, 0.29) is 15.8 Å². The summed E-state index contributed by atoms with van der Waals surface area (Å²) in [5.74, 6) is 3.46. The van der Waals surface area contributed by atoms with Crippen molar-refractivity contribution in [1.82, 2.24) is 0 Å². The number of benzene rings is 1. The average molecular weight is 515 g/mol. The van der Waals surface area contributed by atoms with Crippen molar-refractivity contribution in [3.63, 3.8) is 0 Å². The van der Waals surface area contributed by atoms with Gasteiger partial charge in [0, 0.05) is 0 Å². The largest absolute Gasteiger partial charge is 0.103 e. The molecule has 3 atom stereocenters. The molecule has 198 valence electrons. The molecule has 3 aliphatic carbocycles. The Morgan fingerprint density at radius 1 is 0.657 bits per heavy atom. The highest BCUT2D eigenvalue weighted by Gasteiger charge is 2.40. The molecule has 0 amide bonds. The van der Waals surface area contributed by atoms with Crippen LogP contribution >= 0.6 is 15.8 Å². The summed E-state index contributed by atoms with van der Waals surface area (Å²) in [4.78, 5) is 0. The van der Waals surface area contributed by atoms with Crippen molar-refractivity contribution in [1.29, 1.82) is 0 Å². The summed E-state index contributed by atoms with van der Waals surface area (Å²) < 4.78 is 0. The Morgan fingerprint density at radius 2 is 1.20 bits per heavy atom. The minimum absolute atomic E-state index is 0.00518. The lowest BCUT2D eigenvalue weighted by Gasteiger charge is -2.41. The summed E-state index contributed by atoms with van der Waals surface area (Å²) in [6.07, 6.45) is 22.4. The van der Waals surface area contributed by atoms with Crippen LogP contribution in [0.2, 0.25) is 0 Å². The van der Waals surface area contributed by atoms with Gasteiger partial charge in [0.15, 0.2) is 0 Å². The van der Waals surface area contributed by atoms with Crippen molar-refractivity contribution in [2.24, 2.45) is 17.8 Å². The van der Waals surface area contributed by atoms with Crippen molar-refractivity contribution < 1.29 is 0 Å². The monoisotopic (exact) mass is 514 g/mol. The number of hydrogen-bond acceptors (Lipinski definition) is 0. The first kappa shape index (κ1) is 28.1. The first-order valence-corrected chi connectivity index (χ1v) is 18.8. The van der Waals surface area contributed by atoms with E-state index in [2.05, 4.69) is 58.9 Å². The lowest BCUT2D eigenvalue weighted by Crippen LogP contribution is -2.30. The van der Waals surface area contributed by atoms with Crippen molar-refractivity contribution in [3.05, 3.63) is 29.8 Å². The van der Waals surface area contributed by atoms with Crippen LogP contribution in [0.4, 0.5) is 0 Å². The Kier molecular flexibility index (Phi) is 11.0. The van der Waals surface area contributed by atoms with Gasteiger partial charge in [0.2, 0.25) is 0 Å². The summed E-state index contributed by atoms with van der Waals surface area (Å²) in [5.41, 5.74) is 4.79. The summed E-state index contributed by atoms with van der Waals surface area (Å²) in [5, 5.41) is 1.89. The van der Waals surface area contributed by atoms with Crippen molar-refractivity contribution in [2.45, 2.75) is 141 Å². The first-order valence-electron chi connectivity index (χ1n) is 15.6. The second-order valence-electron chi connectivity index (χ2n) is 13.2. The van der Waals surface area contributed by atoms with Crippen LogP contribution in [0.5, 0.6) is 0 Å². The summed E-state index contributed by atoms with van der Waals surface area (Å²) >= 11 is 0. The topological polar surface area (TPSA) is 0 Å². The Morgan fingerprint density at radius 3 is 1.74 bits per heavy atom. The molecule has 0 bridgehead atoms. The zero-order valence-electron chi connectivity index (χ0n) is 23.9. The van der Waals surface area contributed by atoms with E-state index in [0.717, 1.165) is 40.6 Å². The van der Waals surface area contributed by atoms with E-state index >= 15 is 0 Å². The van der Waals surface area contributed by atoms with E-state index < -0.39 is 0 Å². The number of rotatable bonds is 10. The molecule has 0 aliphatic heterocycles. The lowest BCUT2D eigenvalue weighted by atomic mass is 9.87. The molecule has 2 unspecified atom stereocenters. The Hall–Kier alpha value is 0.0800. The van der Waals surface area contributed by atoms with Crippen molar-refractivity contribution in [2.75, 3.05) is 12.3 Å². The molecular weight excluding hydrogens is 458 g/mol. The Labute approximate surface area is 221 Å². The normalized spacial score (nSPS) is 25.9. The van der Waals surface area contributed by atoms with Gasteiger partial charge in [0.1, 0.15) is 0 Å². The van der Waals surface area contributed by atoms with Crippen LogP contribution in [-0.4, -0.2) is 29.3 Å². The quantitative estimate of drug-likeness (QED) is 0.272. The first-order chi connectivity index (χ1) is 17.0. The molecule has 2 heteroatoms. The Bertz CT molecular complexity index is 715. The third-order valence-corrected chi connectivity index (χ3v) is 17.0. The van der Waals surface area contributed by atoms with Crippen LogP contribution in [0.25, 0.3) is 0 Å². The molecule has 3 aliphatic rings. The maximum atomic E-state index is 2.69. The van der Waals surface area contributed by atoms with Gasteiger partial charge in [-0.15, -0.1) is 7.92 Å². The van der Waals surface area contributed by atoms with E-state index in [0.29, 0.717) is 0 Å². The SMILES string of the molecule is CC(C)CP(CC(C)C)[C@H](C)C1CCCC1c1ccccc1P(C1CCCCC1)C1CCCCC1. The van der Waals surface area contributed by atoms with Crippen LogP contribution in [0.15, 0.2) is 24.3 Å². The summed E-state index contributed by atoms with van der Waals surface area (Å²) in [6.45, 7) is 12.5. The van der Waals surface area contributed by atoms with Gasteiger partial charge in [-0.25, -0.2) is 0 Å². The van der Waals surface area contributed by atoms with Gasteiger partial charge < -0.3 is 0 Å². The molecule has 4 rings (SSSR count). The van der Waals surface area contributed by atoms with Gasteiger partial charge >= 0.3 is 0 Å².